The van der Waals surface area contributed by atoms with Crippen LogP contribution in [0.4, 0.5) is 0 Å². The van der Waals surface area contributed by atoms with Crippen LogP contribution < -0.4 is 0 Å². The van der Waals surface area contributed by atoms with Crippen molar-refractivity contribution < 1.29 is 9.90 Å². The van der Waals surface area contributed by atoms with Crippen LogP contribution in [0, 0.1) is 12.8 Å². The second-order valence-electron chi connectivity index (χ2n) is 6.56. The Morgan fingerprint density at radius 3 is 2.88 bits per heavy atom. The van der Waals surface area contributed by atoms with Gasteiger partial charge in [-0.15, -0.1) is 5.10 Å². The van der Waals surface area contributed by atoms with E-state index in [0.717, 1.165) is 43.1 Å². The lowest BCUT2D eigenvalue weighted by Crippen LogP contribution is -2.24. The summed E-state index contributed by atoms with van der Waals surface area (Å²) in [5.41, 5.74) is 2.99. The summed E-state index contributed by atoms with van der Waals surface area (Å²) in [7, 11) is 1.83. The first-order valence-corrected chi connectivity index (χ1v) is 8.24. The number of nitrogens with zero attached hydrogens (tertiary/aromatic N) is 5. The van der Waals surface area contributed by atoms with Gasteiger partial charge in [0.2, 0.25) is 0 Å². The quantitative estimate of drug-likeness (QED) is 0.859. The number of aromatic nitrogens is 4. The molecule has 1 saturated heterocycles. The van der Waals surface area contributed by atoms with Crippen LogP contribution in [0.5, 0.6) is 0 Å². The molecule has 3 heterocycles. The Morgan fingerprint density at radius 1 is 1.38 bits per heavy atom. The van der Waals surface area contributed by atoms with Crippen LogP contribution in [0.3, 0.4) is 0 Å². The number of carboxylic acids is 1. The number of carbonyl (C=O) groups is 1. The number of likely N-dealkylation sites (tertiary alicyclic amines) is 1. The molecule has 0 aromatic carbocycles. The van der Waals surface area contributed by atoms with E-state index in [9.17, 15) is 9.90 Å². The number of aryl methyl sites for hydroxylation is 2. The molecule has 0 radical (unpaired) electrons. The Balaban J connectivity index is 1.66. The van der Waals surface area contributed by atoms with Gasteiger partial charge in [0.15, 0.2) is 0 Å². The lowest BCUT2D eigenvalue weighted by molar-refractivity contribution is -0.138. The summed E-state index contributed by atoms with van der Waals surface area (Å²) < 4.78 is 1.67. The van der Waals surface area contributed by atoms with Gasteiger partial charge in [0.1, 0.15) is 0 Å². The number of hydrogen-bond acceptors (Lipinski definition) is 5. The van der Waals surface area contributed by atoms with Crippen LogP contribution in [0.25, 0.3) is 0 Å². The van der Waals surface area contributed by atoms with Crippen molar-refractivity contribution in [2.45, 2.75) is 25.7 Å². The molecule has 1 aliphatic heterocycles. The molecule has 2 aromatic heterocycles. The number of carboxylic acid groups (broad SMARTS) is 1. The fraction of sp³-hybridized carbons (Fsp3) is 0.529. The predicted molar refractivity (Wildman–Crippen MR) is 88.6 cm³/mol. The van der Waals surface area contributed by atoms with Gasteiger partial charge in [-0.3, -0.25) is 14.5 Å². The maximum absolute atomic E-state index is 11.2. The lowest BCUT2D eigenvalue weighted by atomic mass is 9.91. The van der Waals surface area contributed by atoms with Crippen molar-refractivity contribution in [1.29, 1.82) is 0 Å². The van der Waals surface area contributed by atoms with Crippen LogP contribution in [0.2, 0.25) is 0 Å². The van der Waals surface area contributed by atoms with E-state index in [1.54, 1.807) is 4.68 Å². The third-order valence-electron chi connectivity index (χ3n) is 4.58. The molecule has 0 saturated carbocycles. The highest BCUT2D eigenvalue weighted by Gasteiger charge is 2.36. The summed E-state index contributed by atoms with van der Waals surface area (Å²) in [6.45, 7) is 4.47. The normalized spacial score (nSPS) is 21.2. The van der Waals surface area contributed by atoms with Crippen molar-refractivity contribution in [3.63, 3.8) is 0 Å². The molecule has 3 rings (SSSR count). The monoisotopic (exact) mass is 329 g/mol. The minimum absolute atomic E-state index is 0.0738. The van der Waals surface area contributed by atoms with Crippen molar-refractivity contribution in [2.75, 3.05) is 19.6 Å². The van der Waals surface area contributed by atoms with E-state index in [-0.39, 0.29) is 18.3 Å². The average molecular weight is 329 g/mol. The van der Waals surface area contributed by atoms with Gasteiger partial charge in [0.05, 0.1) is 12.1 Å². The zero-order chi connectivity index (χ0) is 17.1. The zero-order valence-electron chi connectivity index (χ0n) is 14.1. The highest BCUT2D eigenvalue weighted by atomic mass is 16.4. The molecule has 1 aliphatic rings. The average Bonchev–Trinajstić information content (AvgIpc) is 3.11. The van der Waals surface area contributed by atoms with Crippen molar-refractivity contribution >= 4 is 5.97 Å². The molecule has 2 atom stereocenters. The molecule has 24 heavy (non-hydrogen) atoms. The van der Waals surface area contributed by atoms with Crippen LogP contribution in [0.1, 0.15) is 29.4 Å². The topological polar surface area (TPSA) is 84.1 Å². The van der Waals surface area contributed by atoms with Crippen LogP contribution in [0.15, 0.2) is 24.4 Å². The summed E-state index contributed by atoms with van der Waals surface area (Å²) >= 11 is 0. The first-order chi connectivity index (χ1) is 11.5. The molecule has 0 aliphatic carbocycles. The van der Waals surface area contributed by atoms with Crippen molar-refractivity contribution in [3.05, 3.63) is 41.5 Å². The number of hydrogen-bond donors (Lipinski definition) is 1. The van der Waals surface area contributed by atoms with E-state index in [0.29, 0.717) is 0 Å². The summed E-state index contributed by atoms with van der Waals surface area (Å²) in [6.07, 6.45) is 2.93. The highest BCUT2D eigenvalue weighted by Crippen LogP contribution is 2.33. The van der Waals surface area contributed by atoms with Gasteiger partial charge >= 0.3 is 5.97 Å². The maximum Gasteiger partial charge on any atom is 0.303 e. The van der Waals surface area contributed by atoms with E-state index < -0.39 is 5.97 Å². The minimum Gasteiger partial charge on any atom is -0.481 e. The molecule has 128 valence electrons. The van der Waals surface area contributed by atoms with Crippen LogP contribution in [-0.4, -0.2) is 55.6 Å². The van der Waals surface area contributed by atoms with Gasteiger partial charge in [-0.25, -0.2) is 0 Å². The molecule has 1 N–H and O–H groups in total. The van der Waals surface area contributed by atoms with Crippen LogP contribution in [-0.2, 0) is 18.3 Å². The van der Waals surface area contributed by atoms with E-state index in [1.165, 1.54) is 0 Å². The fourth-order valence-electron chi connectivity index (χ4n) is 3.46. The summed E-state index contributed by atoms with van der Waals surface area (Å²) in [5, 5.41) is 17.4. The number of rotatable bonds is 6. The SMILES string of the molecule is Cc1cccc(CCN2C[C@H](CC(=O)O)[C@H](c3cn(C)nn3)C2)n1. The van der Waals surface area contributed by atoms with Gasteiger partial charge in [-0.1, -0.05) is 11.3 Å². The van der Waals surface area contributed by atoms with E-state index in [1.807, 2.05) is 38.4 Å². The Labute approximate surface area is 141 Å². The van der Waals surface area contributed by atoms with Gasteiger partial charge in [0, 0.05) is 56.6 Å². The smallest absolute Gasteiger partial charge is 0.303 e. The largest absolute Gasteiger partial charge is 0.481 e. The molecular weight excluding hydrogens is 306 g/mol. The first-order valence-electron chi connectivity index (χ1n) is 8.24. The summed E-state index contributed by atoms with van der Waals surface area (Å²) in [6, 6.07) is 6.06. The lowest BCUT2D eigenvalue weighted by Gasteiger charge is -2.15. The van der Waals surface area contributed by atoms with E-state index in [4.69, 9.17) is 0 Å². The molecule has 2 aromatic rings. The molecule has 7 nitrogen and oxygen atoms in total. The van der Waals surface area contributed by atoms with Gasteiger partial charge in [-0.2, -0.15) is 0 Å². The first kappa shape index (κ1) is 16.6. The highest BCUT2D eigenvalue weighted by molar-refractivity contribution is 5.67. The molecular formula is C17H23N5O2. The minimum atomic E-state index is -0.754. The molecule has 7 heteroatoms. The van der Waals surface area contributed by atoms with E-state index >= 15 is 0 Å². The molecule has 0 unspecified atom stereocenters. The van der Waals surface area contributed by atoms with E-state index in [2.05, 4.69) is 20.2 Å². The molecule has 0 bridgehead atoms. The second-order valence-corrected chi connectivity index (χ2v) is 6.56. The third kappa shape index (κ3) is 3.97. The van der Waals surface area contributed by atoms with Crippen molar-refractivity contribution in [3.8, 4) is 0 Å². The third-order valence-corrected chi connectivity index (χ3v) is 4.58. The predicted octanol–water partition coefficient (Wildman–Crippen LogP) is 1.25. The van der Waals surface area contributed by atoms with Gasteiger partial charge in [0.25, 0.3) is 0 Å². The fourth-order valence-corrected chi connectivity index (χ4v) is 3.46. The van der Waals surface area contributed by atoms with Crippen molar-refractivity contribution in [2.24, 2.45) is 13.0 Å². The standard InChI is InChI=1S/C17H23N5O2/c1-12-4-3-5-14(18-12)6-7-22-9-13(8-17(23)24)15(10-22)16-11-21(2)20-19-16/h3-5,11,13,15H,6-10H2,1-2H3,(H,23,24)/t13-,15+/m0/s1. The van der Waals surface area contributed by atoms with Crippen molar-refractivity contribution in [1.82, 2.24) is 24.9 Å². The van der Waals surface area contributed by atoms with Gasteiger partial charge < -0.3 is 10.0 Å². The Bertz CT molecular complexity index is 715. The maximum atomic E-state index is 11.2. The summed E-state index contributed by atoms with van der Waals surface area (Å²) in [5.74, 6) is -0.555. The second kappa shape index (κ2) is 7.09. The Kier molecular flexibility index (Phi) is 4.89. The molecule has 0 amide bonds. The zero-order valence-corrected chi connectivity index (χ0v) is 14.1. The van der Waals surface area contributed by atoms with Crippen LogP contribution >= 0.6 is 0 Å². The number of pyridine rings is 1. The summed E-state index contributed by atoms with van der Waals surface area (Å²) in [4.78, 5) is 18.0. The Hall–Kier alpha value is -2.28. The molecule has 1 fully saturated rings. The Morgan fingerprint density at radius 2 is 2.21 bits per heavy atom. The van der Waals surface area contributed by atoms with Gasteiger partial charge in [-0.05, 0) is 25.0 Å². The number of aliphatic carboxylic acids is 1. The molecule has 0 spiro atoms.